The zero-order valence-electron chi connectivity index (χ0n) is 13.9. The van der Waals surface area contributed by atoms with Gasteiger partial charge in [0.25, 0.3) is 0 Å². The maximum Gasteiger partial charge on any atom is 0.248 e. The summed E-state index contributed by atoms with van der Waals surface area (Å²) >= 11 is 1.65. The van der Waals surface area contributed by atoms with E-state index < -0.39 is 12.0 Å². The first-order chi connectivity index (χ1) is 12.0. The molecular formula is C18H20N4O2S. The molecule has 0 spiro atoms. The zero-order chi connectivity index (χ0) is 17.6. The number of amides is 1. The molecule has 0 aliphatic carbocycles. The monoisotopic (exact) mass is 356 g/mol. The van der Waals surface area contributed by atoms with Gasteiger partial charge in [-0.15, -0.1) is 11.3 Å². The molecule has 0 unspecified atom stereocenters. The third kappa shape index (κ3) is 3.06. The Bertz CT molecular complexity index is 932. The smallest absolute Gasteiger partial charge is 0.248 e. The van der Waals surface area contributed by atoms with Crippen molar-refractivity contribution in [3.05, 3.63) is 52.1 Å². The Morgan fingerprint density at radius 3 is 2.96 bits per heavy atom. The maximum absolute atomic E-state index is 11.3. The first-order valence-electron chi connectivity index (χ1n) is 8.23. The van der Waals surface area contributed by atoms with Gasteiger partial charge in [-0.3, -0.25) is 9.69 Å². The lowest BCUT2D eigenvalue weighted by Crippen LogP contribution is -2.21. The molecule has 1 aliphatic heterocycles. The van der Waals surface area contributed by atoms with Gasteiger partial charge >= 0.3 is 0 Å². The molecule has 3 N–H and O–H groups in total. The molecular weight excluding hydrogens is 336 g/mol. The van der Waals surface area contributed by atoms with Crippen LogP contribution in [0.5, 0.6) is 0 Å². The van der Waals surface area contributed by atoms with Crippen LogP contribution in [0.3, 0.4) is 0 Å². The Balaban J connectivity index is 1.57. The highest BCUT2D eigenvalue weighted by atomic mass is 32.1. The minimum absolute atomic E-state index is 0.0170. The van der Waals surface area contributed by atoms with E-state index in [4.69, 9.17) is 5.73 Å². The summed E-state index contributed by atoms with van der Waals surface area (Å²) in [7, 11) is 0. The lowest BCUT2D eigenvalue weighted by Gasteiger charge is -2.18. The minimum atomic E-state index is -0.439. The topological polar surface area (TPSA) is 84.4 Å². The molecule has 1 aliphatic rings. The van der Waals surface area contributed by atoms with Crippen LogP contribution in [0.2, 0.25) is 0 Å². The van der Waals surface area contributed by atoms with Crippen LogP contribution in [0.25, 0.3) is 10.9 Å². The first-order valence-corrected chi connectivity index (χ1v) is 9.11. The molecule has 4 rings (SSSR count). The number of rotatable bonds is 4. The quantitative estimate of drug-likeness (QED) is 0.748. The van der Waals surface area contributed by atoms with Gasteiger partial charge in [-0.1, -0.05) is 0 Å². The van der Waals surface area contributed by atoms with Gasteiger partial charge in [-0.2, -0.15) is 0 Å². The van der Waals surface area contributed by atoms with Crippen LogP contribution in [0.15, 0.2) is 35.8 Å². The molecule has 130 valence electrons. The highest BCUT2D eigenvalue weighted by Gasteiger charge is 2.33. The van der Waals surface area contributed by atoms with Crippen LogP contribution in [0.1, 0.15) is 27.1 Å². The van der Waals surface area contributed by atoms with Gasteiger partial charge in [0.1, 0.15) is 0 Å². The fraction of sp³-hybridized carbons (Fsp3) is 0.333. The van der Waals surface area contributed by atoms with E-state index in [2.05, 4.69) is 19.8 Å². The number of nitrogens with two attached hydrogens (primary N) is 1. The van der Waals surface area contributed by atoms with Crippen LogP contribution < -0.4 is 5.73 Å². The van der Waals surface area contributed by atoms with Gasteiger partial charge in [0.2, 0.25) is 5.91 Å². The number of likely N-dealkylation sites (tertiary alicyclic amines) is 1. The molecule has 1 amide bonds. The molecule has 1 fully saturated rings. The van der Waals surface area contributed by atoms with Crippen LogP contribution in [-0.4, -0.2) is 44.7 Å². The Hall–Kier alpha value is -2.22. The highest BCUT2D eigenvalue weighted by Crippen LogP contribution is 2.29. The summed E-state index contributed by atoms with van der Waals surface area (Å²) in [6.07, 6.45) is 1.53. The number of nitrogens with zero attached hydrogens (tertiary/aromatic N) is 3. The molecule has 0 radical (unpaired) electrons. The van der Waals surface area contributed by atoms with E-state index in [1.165, 1.54) is 0 Å². The predicted molar refractivity (Wildman–Crippen MR) is 97.6 cm³/mol. The average molecular weight is 356 g/mol. The van der Waals surface area contributed by atoms with Crippen LogP contribution >= 0.6 is 11.3 Å². The Kier molecular flexibility index (Phi) is 4.07. The SMILES string of the molecule is Cc1nc(CN2C[C@@H](O)[C@H](n3ccc4cc(C(N)=O)ccc43)C2)cs1. The Morgan fingerprint density at radius 2 is 2.24 bits per heavy atom. The lowest BCUT2D eigenvalue weighted by molar-refractivity contribution is 0.100. The third-order valence-corrected chi connectivity index (χ3v) is 5.57. The summed E-state index contributed by atoms with van der Waals surface area (Å²) in [5.41, 5.74) is 7.90. The molecule has 0 saturated carbocycles. The van der Waals surface area contributed by atoms with E-state index in [-0.39, 0.29) is 6.04 Å². The van der Waals surface area contributed by atoms with Gasteiger partial charge in [0.15, 0.2) is 0 Å². The van der Waals surface area contributed by atoms with Crippen molar-refractivity contribution in [3.63, 3.8) is 0 Å². The molecule has 25 heavy (non-hydrogen) atoms. The summed E-state index contributed by atoms with van der Waals surface area (Å²) in [6, 6.07) is 7.37. The number of aliphatic hydroxyl groups is 1. The normalized spacial score (nSPS) is 21.2. The van der Waals surface area contributed by atoms with Crippen LogP contribution in [-0.2, 0) is 6.54 Å². The van der Waals surface area contributed by atoms with Crippen LogP contribution in [0.4, 0.5) is 0 Å². The lowest BCUT2D eigenvalue weighted by atomic mass is 10.1. The number of fused-ring (bicyclic) bond motifs is 1. The van der Waals surface area contributed by atoms with Crippen molar-refractivity contribution < 1.29 is 9.90 Å². The number of β-amino-alcohol motifs (C(OH)–C–C–N with tert-alkyl or cyclic N) is 1. The van der Waals surface area contributed by atoms with E-state index in [0.29, 0.717) is 12.1 Å². The molecule has 3 heterocycles. The predicted octanol–water partition coefficient (Wildman–Crippen LogP) is 1.92. The van der Waals surface area contributed by atoms with Crippen molar-refractivity contribution in [1.29, 1.82) is 0 Å². The molecule has 2 aromatic heterocycles. The van der Waals surface area contributed by atoms with E-state index >= 15 is 0 Å². The van der Waals surface area contributed by atoms with E-state index in [9.17, 15) is 9.90 Å². The molecule has 3 aromatic rings. The molecule has 0 bridgehead atoms. The molecule has 1 aromatic carbocycles. The fourth-order valence-corrected chi connectivity index (χ4v) is 4.17. The van der Waals surface area contributed by atoms with Crippen molar-refractivity contribution in [1.82, 2.24) is 14.5 Å². The van der Waals surface area contributed by atoms with Gasteiger partial charge in [0.05, 0.1) is 22.8 Å². The summed E-state index contributed by atoms with van der Waals surface area (Å²) in [6.45, 7) is 4.14. The number of aliphatic hydroxyl groups excluding tert-OH is 1. The third-order valence-electron chi connectivity index (χ3n) is 4.75. The number of benzene rings is 1. The Labute approximate surface area is 149 Å². The summed E-state index contributed by atoms with van der Waals surface area (Å²) in [4.78, 5) is 18.1. The Morgan fingerprint density at radius 1 is 1.40 bits per heavy atom. The number of hydrogen-bond donors (Lipinski definition) is 2. The second-order valence-corrected chi connectivity index (χ2v) is 7.61. The summed E-state index contributed by atoms with van der Waals surface area (Å²) in [5.74, 6) is -0.430. The maximum atomic E-state index is 11.3. The van der Waals surface area contributed by atoms with Crippen molar-refractivity contribution >= 4 is 28.1 Å². The average Bonchev–Trinajstić information content (AvgIpc) is 3.26. The fourth-order valence-electron chi connectivity index (χ4n) is 3.57. The zero-order valence-corrected chi connectivity index (χ0v) is 14.7. The number of primary amides is 1. The summed E-state index contributed by atoms with van der Waals surface area (Å²) < 4.78 is 2.09. The van der Waals surface area contributed by atoms with Crippen molar-refractivity contribution in [2.75, 3.05) is 13.1 Å². The van der Waals surface area contributed by atoms with Gasteiger partial charge < -0.3 is 15.4 Å². The van der Waals surface area contributed by atoms with Gasteiger partial charge in [-0.25, -0.2) is 4.98 Å². The molecule has 2 atom stereocenters. The van der Waals surface area contributed by atoms with Crippen LogP contribution in [0, 0.1) is 6.92 Å². The molecule has 7 heteroatoms. The number of aryl methyl sites for hydroxylation is 1. The van der Waals surface area contributed by atoms with Gasteiger partial charge in [-0.05, 0) is 31.2 Å². The molecule has 1 saturated heterocycles. The number of carbonyl (C=O) groups excluding carboxylic acids is 1. The first kappa shape index (κ1) is 16.3. The standard InChI is InChI=1S/C18H20N4O2S/c1-11-20-14(10-25-11)7-21-8-16(17(23)9-21)22-5-4-12-6-13(18(19)24)2-3-15(12)22/h2-6,10,16-17,23H,7-9H2,1H3,(H2,19,24)/t16-,17-/m1/s1. The largest absolute Gasteiger partial charge is 0.390 e. The second kappa shape index (κ2) is 6.25. The van der Waals surface area contributed by atoms with E-state index in [1.54, 1.807) is 23.5 Å². The van der Waals surface area contributed by atoms with Crippen molar-refractivity contribution in [3.8, 4) is 0 Å². The van der Waals surface area contributed by atoms with Gasteiger partial charge in [0, 0.05) is 47.7 Å². The highest BCUT2D eigenvalue weighted by molar-refractivity contribution is 7.09. The van der Waals surface area contributed by atoms with E-state index in [0.717, 1.165) is 34.7 Å². The summed E-state index contributed by atoms with van der Waals surface area (Å²) in [5, 5.41) is 14.7. The number of hydrogen-bond acceptors (Lipinski definition) is 5. The van der Waals surface area contributed by atoms with E-state index in [1.807, 2.05) is 25.3 Å². The minimum Gasteiger partial charge on any atom is -0.390 e. The number of thiazole rings is 1. The van der Waals surface area contributed by atoms with Crippen molar-refractivity contribution in [2.45, 2.75) is 25.6 Å². The second-order valence-electron chi connectivity index (χ2n) is 6.55. The van der Waals surface area contributed by atoms with Crippen molar-refractivity contribution in [2.24, 2.45) is 5.73 Å². The number of carbonyl (C=O) groups is 1. The number of aromatic nitrogens is 2. The molecule has 6 nitrogen and oxygen atoms in total.